The topological polar surface area (TPSA) is 78.9 Å². The quantitative estimate of drug-likeness (QED) is 0.0199. The number of ether oxygens (including phenoxy) is 3. The standard InChI is InChI=1S/C65H106O6/c1-4-7-10-13-16-19-22-25-28-31-33-35-37-40-43-46-49-52-55-58-64(67)70-61-62(60-69-63(66)57-54-51-48-45-42-39-36-30-27-24-21-18-15-12-9-6-3)71-65(68)59-56-53-50-47-44-41-38-34-32-29-26-23-20-17-14-11-8-5-2/h9,12,17-18,20-21,23,26-27,29-34,38-39,42,48,51,62H,4-8,10-11,13-16,19,22,24-25,28,35-37,40-41,43-47,49-50,52-61H2,1-3H3/b12-9-,20-17-,21-18-,26-23-,30-27-,32-29-,33-31-,38-34-,42-39-,51-48-. The van der Waals surface area contributed by atoms with E-state index in [4.69, 9.17) is 14.2 Å². The monoisotopic (exact) mass is 983 g/mol. The Bertz CT molecular complexity index is 1500. The van der Waals surface area contributed by atoms with Gasteiger partial charge in [0.2, 0.25) is 0 Å². The van der Waals surface area contributed by atoms with E-state index in [0.29, 0.717) is 12.8 Å². The lowest BCUT2D eigenvalue weighted by atomic mass is 10.1. The van der Waals surface area contributed by atoms with E-state index in [9.17, 15) is 14.4 Å². The molecule has 0 aromatic carbocycles. The number of allylic oxidation sites excluding steroid dienone is 20. The normalized spacial score (nSPS) is 13.0. The van der Waals surface area contributed by atoms with Gasteiger partial charge in [0, 0.05) is 19.3 Å². The van der Waals surface area contributed by atoms with Crippen LogP contribution in [0, 0.1) is 0 Å². The summed E-state index contributed by atoms with van der Waals surface area (Å²) in [6, 6.07) is 0. The van der Waals surface area contributed by atoms with Crippen molar-refractivity contribution in [3.63, 3.8) is 0 Å². The van der Waals surface area contributed by atoms with Crippen LogP contribution in [0.2, 0.25) is 0 Å². The molecule has 0 spiro atoms. The smallest absolute Gasteiger partial charge is 0.306 e. The molecule has 0 saturated heterocycles. The van der Waals surface area contributed by atoms with Gasteiger partial charge >= 0.3 is 17.9 Å². The van der Waals surface area contributed by atoms with E-state index in [1.54, 1.807) is 0 Å². The minimum Gasteiger partial charge on any atom is -0.462 e. The van der Waals surface area contributed by atoms with E-state index in [-0.39, 0.29) is 44.0 Å². The second kappa shape index (κ2) is 58.4. The molecule has 71 heavy (non-hydrogen) atoms. The molecule has 0 aliphatic carbocycles. The van der Waals surface area contributed by atoms with Crippen molar-refractivity contribution in [2.24, 2.45) is 0 Å². The fourth-order valence-electron chi connectivity index (χ4n) is 7.67. The van der Waals surface area contributed by atoms with E-state index in [0.717, 1.165) is 96.3 Å². The minimum absolute atomic E-state index is 0.116. The number of hydrogen-bond acceptors (Lipinski definition) is 6. The van der Waals surface area contributed by atoms with Gasteiger partial charge in [0.25, 0.3) is 0 Å². The van der Waals surface area contributed by atoms with Crippen molar-refractivity contribution in [2.45, 2.75) is 258 Å². The Morgan fingerprint density at radius 2 is 0.634 bits per heavy atom. The van der Waals surface area contributed by atoms with Crippen LogP contribution in [0.25, 0.3) is 0 Å². The summed E-state index contributed by atoms with van der Waals surface area (Å²) in [7, 11) is 0. The molecule has 0 aromatic heterocycles. The van der Waals surface area contributed by atoms with Crippen molar-refractivity contribution in [1.82, 2.24) is 0 Å². The van der Waals surface area contributed by atoms with Gasteiger partial charge in [0.05, 0.1) is 0 Å². The Balaban J connectivity index is 4.54. The molecule has 0 aliphatic rings. The average Bonchev–Trinajstić information content (AvgIpc) is 3.37. The molecule has 0 bridgehead atoms. The molecule has 0 fully saturated rings. The molecule has 6 heteroatoms. The van der Waals surface area contributed by atoms with Gasteiger partial charge in [-0.25, -0.2) is 0 Å². The van der Waals surface area contributed by atoms with E-state index in [2.05, 4.69) is 130 Å². The number of esters is 3. The first kappa shape index (κ1) is 66.8. The van der Waals surface area contributed by atoms with Gasteiger partial charge in [-0.05, 0) is 103 Å². The lowest BCUT2D eigenvalue weighted by Gasteiger charge is -2.18. The highest BCUT2D eigenvalue weighted by molar-refractivity contribution is 5.71. The van der Waals surface area contributed by atoms with Gasteiger partial charge in [-0.3, -0.25) is 14.4 Å². The molecule has 0 aliphatic heterocycles. The predicted molar refractivity (Wildman–Crippen MR) is 306 cm³/mol. The van der Waals surface area contributed by atoms with Crippen LogP contribution in [0.3, 0.4) is 0 Å². The summed E-state index contributed by atoms with van der Waals surface area (Å²) < 4.78 is 16.8. The Hall–Kier alpha value is -4.19. The number of carbonyl (C=O) groups is 3. The van der Waals surface area contributed by atoms with Gasteiger partial charge in [-0.2, -0.15) is 0 Å². The molecule has 0 radical (unpaired) electrons. The van der Waals surface area contributed by atoms with Crippen molar-refractivity contribution >= 4 is 17.9 Å². The van der Waals surface area contributed by atoms with Crippen molar-refractivity contribution in [1.29, 1.82) is 0 Å². The third-order valence-electron chi connectivity index (χ3n) is 12.0. The van der Waals surface area contributed by atoms with Crippen LogP contribution in [0.5, 0.6) is 0 Å². The molecular weight excluding hydrogens is 877 g/mol. The van der Waals surface area contributed by atoms with Gasteiger partial charge in [0.15, 0.2) is 6.10 Å². The first-order valence-electron chi connectivity index (χ1n) is 29.1. The molecule has 6 nitrogen and oxygen atoms in total. The molecular formula is C65H106O6. The summed E-state index contributed by atoms with van der Waals surface area (Å²) in [5.41, 5.74) is 0. The highest BCUT2D eigenvalue weighted by Gasteiger charge is 2.19. The zero-order valence-electron chi connectivity index (χ0n) is 45.9. The number of carbonyl (C=O) groups excluding carboxylic acids is 3. The number of hydrogen-bond donors (Lipinski definition) is 0. The van der Waals surface area contributed by atoms with Crippen LogP contribution in [-0.2, 0) is 28.6 Å². The summed E-state index contributed by atoms with van der Waals surface area (Å²) in [6.07, 6.45) is 80.5. The molecule has 0 heterocycles. The Kier molecular flexibility index (Phi) is 54.9. The van der Waals surface area contributed by atoms with Crippen molar-refractivity contribution in [3.8, 4) is 0 Å². The SMILES string of the molecule is CC/C=C\C/C=C\C/C=C\C/C=C\C/C=C\CCC(=O)OCC(COC(=O)CCCCCCCCC/C=C\CCCCCCCCCC)OC(=O)CCCCCCC\C=C/C=C\C=C/C=C\CCCCC. The maximum Gasteiger partial charge on any atom is 0.306 e. The Morgan fingerprint density at radius 3 is 1.10 bits per heavy atom. The van der Waals surface area contributed by atoms with Crippen molar-refractivity contribution in [3.05, 3.63) is 122 Å². The number of unbranched alkanes of at least 4 members (excludes halogenated alkanes) is 23. The van der Waals surface area contributed by atoms with E-state index < -0.39 is 6.10 Å². The van der Waals surface area contributed by atoms with E-state index in [1.807, 2.05) is 12.2 Å². The summed E-state index contributed by atoms with van der Waals surface area (Å²) in [6.45, 7) is 6.40. The fraction of sp³-hybridized carbons (Fsp3) is 0.646. The highest BCUT2D eigenvalue weighted by Crippen LogP contribution is 2.14. The average molecular weight is 984 g/mol. The molecule has 0 saturated carbocycles. The summed E-state index contributed by atoms with van der Waals surface area (Å²) >= 11 is 0. The first-order valence-corrected chi connectivity index (χ1v) is 29.1. The van der Waals surface area contributed by atoms with Crippen LogP contribution in [-0.4, -0.2) is 37.2 Å². The zero-order chi connectivity index (χ0) is 51.4. The van der Waals surface area contributed by atoms with Gasteiger partial charge in [-0.15, -0.1) is 0 Å². The molecule has 1 unspecified atom stereocenters. The van der Waals surface area contributed by atoms with Crippen molar-refractivity contribution in [2.75, 3.05) is 13.2 Å². The lowest BCUT2D eigenvalue weighted by Crippen LogP contribution is -2.30. The van der Waals surface area contributed by atoms with Crippen LogP contribution in [0.4, 0.5) is 0 Å². The Morgan fingerprint density at radius 1 is 0.310 bits per heavy atom. The van der Waals surface area contributed by atoms with E-state index >= 15 is 0 Å². The molecule has 0 N–H and O–H groups in total. The lowest BCUT2D eigenvalue weighted by molar-refractivity contribution is -0.166. The second-order valence-corrected chi connectivity index (χ2v) is 18.9. The Labute approximate surface area is 437 Å². The summed E-state index contributed by atoms with van der Waals surface area (Å²) in [4.78, 5) is 38.2. The van der Waals surface area contributed by atoms with Crippen LogP contribution in [0.1, 0.15) is 252 Å². The maximum atomic E-state index is 12.9. The fourth-order valence-corrected chi connectivity index (χ4v) is 7.67. The molecule has 0 rings (SSSR count). The first-order chi connectivity index (χ1) is 35.0. The molecule has 0 amide bonds. The second-order valence-electron chi connectivity index (χ2n) is 18.9. The van der Waals surface area contributed by atoms with E-state index in [1.165, 1.54) is 109 Å². The van der Waals surface area contributed by atoms with Gasteiger partial charge in [0.1, 0.15) is 13.2 Å². The summed E-state index contributed by atoms with van der Waals surface area (Å²) in [5, 5.41) is 0. The zero-order valence-corrected chi connectivity index (χ0v) is 45.9. The molecule has 1 atom stereocenters. The molecule has 0 aromatic rings. The van der Waals surface area contributed by atoms with Crippen molar-refractivity contribution < 1.29 is 28.6 Å². The van der Waals surface area contributed by atoms with Crippen LogP contribution in [0.15, 0.2) is 122 Å². The third-order valence-corrected chi connectivity index (χ3v) is 12.0. The van der Waals surface area contributed by atoms with Gasteiger partial charge in [-0.1, -0.05) is 251 Å². The van der Waals surface area contributed by atoms with Gasteiger partial charge < -0.3 is 14.2 Å². The molecule has 402 valence electrons. The largest absolute Gasteiger partial charge is 0.462 e. The highest BCUT2D eigenvalue weighted by atomic mass is 16.6. The third kappa shape index (κ3) is 56.6. The maximum absolute atomic E-state index is 12.9. The van der Waals surface area contributed by atoms with Crippen LogP contribution < -0.4 is 0 Å². The summed E-state index contributed by atoms with van der Waals surface area (Å²) in [5.74, 6) is -1.03. The minimum atomic E-state index is -0.826. The number of rotatable bonds is 51. The van der Waals surface area contributed by atoms with Crippen LogP contribution >= 0.6 is 0 Å². The predicted octanol–water partition coefficient (Wildman–Crippen LogP) is 19.6.